The maximum absolute atomic E-state index is 2.45. The van der Waals surface area contributed by atoms with Gasteiger partial charge in [-0.1, -0.05) is 121 Å². The van der Waals surface area contributed by atoms with Crippen LogP contribution in [0.2, 0.25) is 0 Å². The smallest absolute Gasteiger partial charge is 0.0640 e. The Hall–Kier alpha value is -6.16. The van der Waals surface area contributed by atoms with Gasteiger partial charge in [0, 0.05) is 43.3 Å². The van der Waals surface area contributed by atoms with E-state index in [4.69, 9.17) is 0 Å². The standard InChI is InChI=1S/C46H30N2S/c1-3-13-31(14-4-1)32-17-11-20-36(27-32)47(42-23-12-22-40-39-21-9-10-24-45(39)49-46(40)42)37-25-26-38-41-28-33-15-7-8-16-34(33)29-43(41)48(44(38)30-37)35-18-5-2-6-19-35/h1-30H. The molecule has 0 saturated heterocycles. The molecular formula is C46H30N2S. The van der Waals surface area contributed by atoms with Gasteiger partial charge in [-0.3, -0.25) is 0 Å². The highest BCUT2D eigenvalue weighted by atomic mass is 32.1. The van der Waals surface area contributed by atoms with Crippen molar-refractivity contribution in [3.63, 3.8) is 0 Å². The molecular weight excluding hydrogens is 613 g/mol. The molecule has 0 N–H and O–H groups in total. The number of fused-ring (bicyclic) bond motifs is 7. The SMILES string of the molecule is c1ccc(-c2cccc(N(c3ccc4c5cc6ccccc6cc5n(-c5ccccc5)c4c3)c3cccc4c3sc3ccccc34)c2)cc1. The fourth-order valence-corrected chi connectivity index (χ4v) is 8.68. The Morgan fingerprint density at radius 1 is 0.408 bits per heavy atom. The molecule has 0 bridgehead atoms. The Morgan fingerprint density at radius 2 is 1.06 bits per heavy atom. The van der Waals surface area contributed by atoms with Gasteiger partial charge in [0.1, 0.15) is 0 Å². The summed E-state index contributed by atoms with van der Waals surface area (Å²) in [6, 6.07) is 66.2. The number of benzene rings is 8. The van der Waals surface area contributed by atoms with Crippen LogP contribution in [-0.4, -0.2) is 4.57 Å². The third-order valence-electron chi connectivity index (χ3n) is 9.73. The number of thiophene rings is 1. The molecule has 0 fully saturated rings. The molecule has 2 nitrogen and oxygen atoms in total. The summed E-state index contributed by atoms with van der Waals surface area (Å²) in [4.78, 5) is 2.45. The highest BCUT2D eigenvalue weighted by molar-refractivity contribution is 7.26. The minimum Gasteiger partial charge on any atom is -0.309 e. The first kappa shape index (κ1) is 27.9. The van der Waals surface area contributed by atoms with Gasteiger partial charge in [-0.05, 0) is 82.6 Å². The lowest BCUT2D eigenvalue weighted by Gasteiger charge is -2.27. The Balaban J connectivity index is 1.28. The van der Waals surface area contributed by atoms with Crippen LogP contribution in [0.3, 0.4) is 0 Å². The number of hydrogen-bond donors (Lipinski definition) is 0. The van der Waals surface area contributed by atoms with Crippen LogP contribution in [0.25, 0.3) is 69.6 Å². The zero-order valence-corrected chi connectivity index (χ0v) is 27.4. The quantitative estimate of drug-likeness (QED) is 0.181. The molecule has 0 radical (unpaired) electrons. The summed E-state index contributed by atoms with van der Waals surface area (Å²) in [6.07, 6.45) is 0. The minimum absolute atomic E-state index is 1.12. The van der Waals surface area contributed by atoms with Gasteiger partial charge in [0.25, 0.3) is 0 Å². The highest BCUT2D eigenvalue weighted by Gasteiger charge is 2.21. The fraction of sp³-hybridized carbons (Fsp3) is 0. The van der Waals surface area contributed by atoms with E-state index in [1.165, 1.54) is 69.6 Å². The van der Waals surface area contributed by atoms with E-state index in [0.29, 0.717) is 0 Å². The van der Waals surface area contributed by atoms with E-state index in [2.05, 4.69) is 191 Å². The molecule has 3 heteroatoms. The second-order valence-electron chi connectivity index (χ2n) is 12.6. The van der Waals surface area contributed by atoms with Crippen LogP contribution >= 0.6 is 11.3 Å². The van der Waals surface area contributed by atoms with Gasteiger partial charge in [-0.25, -0.2) is 0 Å². The zero-order valence-electron chi connectivity index (χ0n) is 26.6. The number of nitrogens with zero attached hydrogens (tertiary/aromatic N) is 2. The molecule has 0 aliphatic carbocycles. The van der Waals surface area contributed by atoms with Gasteiger partial charge < -0.3 is 9.47 Å². The lowest BCUT2D eigenvalue weighted by Crippen LogP contribution is -2.10. The molecule has 0 amide bonds. The number of para-hydroxylation sites is 1. The fourth-order valence-electron chi connectivity index (χ4n) is 7.48. The van der Waals surface area contributed by atoms with Crippen molar-refractivity contribution in [2.45, 2.75) is 0 Å². The molecule has 0 spiro atoms. The van der Waals surface area contributed by atoms with E-state index in [9.17, 15) is 0 Å². The molecule has 0 unspecified atom stereocenters. The van der Waals surface area contributed by atoms with E-state index < -0.39 is 0 Å². The molecule has 0 aliphatic heterocycles. The van der Waals surface area contributed by atoms with Crippen molar-refractivity contribution in [2.24, 2.45) is 0 Å². The first-order chi connectivity index (χ1) is 24.3. The summed E-state index contributed by atoms with van der Waals surface area (Å²) in [5.74, 6) is 0. The molecule has 0 saturated carbocycles. The molecule has 10 rings (SSSR count). The predicted molar refractivity (Wildman–Crippen MR) is 211 cm³/mol. The first-order valence-electron chi connectivity index (χ1n) is 16.7. The highest BCUT2D eigenvalue weighted by Crippen LogP contribution is 2.46. The van der Waals surface area contributed by atoms with Crippen molar-refractivity contribution in [1.82, 2.24) is 4.57 Å². The van der Waals surface area contributed by atoms with E-state index in [-0.39, 0.29) is 0 Å². The number of anilines is 3. The monoisotopic (exact) mass is 642 g/mol. The van der Waals surface area contributed by atoms with Crippen LogP contribution in [0.1, 0.15) is 0 Å². The van der Waals surface area contributed by atoms with Gasteiger partial charge in [-0.15, -0.1) is 11.3 Å². The van der Waals surface area contributed by atoms with Crippen molar-refractivity contribution < 1.29 is 0 Å². The molecule has 0 aliphatic rings. The summed E-state index contributed by atoms with van der Waals surface area (Å²) in [5, 5.41) is 7.58. The van der Waals surface area contributed by atoms with Gasteiger partial charge >= 0.3 is 0 Å². The topological polar surface area (TPSA) is 8.17 Å². The maximum Gasteiger partial charge on any atom is 0.0640 e. The van der Waals surface area contributed by atoms with Crippen LogP contribution in [0.15, 0.2) is 182 Å². The van der Waals surface area contributed by atoms with Gasteiger partial charge in [0.2, 0.25) is 0 Å². The van der Waals surface area contributed by atoms with Crippen LogP contribution in [0, 0.1) is 0 Å². The van der Waals surface area contributed by atoms with Crippen LogP contribution < -0.4 is 4.90 Å². The van der Waals surface area contributed by atoms with Crippen molar-refractivity contribution >= 4 is 81.1 Å². The van der Waals surface area contributed by atoms with Crippen LogP contribution in [0.5, 0.6) is 0 Å². The lowest BCUT2D eigenvalue weighted by molar-refractivity contribution is 1.18. The number of rotatable bonds is 5. The Bertz CT molecular complexity index is 2830. The zero-order chi connectivity index (χ0) is 32.3. The summed E-state index contributed by atoms with van der Waals surface area (Å²) < 4.78 is 5.01. The van der Waals surface area contributed by atoms with Crippen LogP contribution in [0.4, 0.5) is 17.1 Å². The van der Waals surface area contributed by atoms with E-state index in [1.54, 1.807) is 0 Å². The van der Waals surface area contributed by atoms with Crippen molar-refractivity contribution in [3.8, 4) is 16.8 Å². The van der Waals surface area contributed by atoms with Crippen molar-refractivity contribution in [2.75, 3.05) is 4.90 Å². The Morgan fingerprint density at radius 3 is 1.92 bits per heavy atom. The predicted octanol–water partition coefficient (Wildman–Crippen LogP) is 13.4. The Labute approximate surface area is 288 Å². The van der Waals surface area contributed by atoms with Crippen molar-refractivity contribution in [3.05, 3.63) is 182 Å². The average Bonchev–Trinajstić information content (AvgIpc) is 3.70. The van der Waals surface area contributed by atoms with Gasteiger partial charge in [0.15, 0.2) is 0 Å². The molecule has 49 heavy (non-hydrogen) atoms. The van der Waals surface area contributed by atoms with Crippen LogP contribution in [-0.2, 0) is 0 Å². The normalized spacial score (nSPS) is 11.7. The molecule has 2 heterocycles. The third-order valence-corrected chi connectivity index (χ3v) is 10.9. The first-order valence-corrected chi connectivity index (χ1v) is 17.5. The van der Waals surface area contributed by atoms with Gasteiger partial charge in [-0.2, -0.15) is 0 Å². The summed E-state index contributed by atoms with van der Waals surface area (Å²) in [6.45, 7) is 0. The Kier molecular flexibility index (Phi) is 6.39. The molecule has 2 aromatic heterocycles. The molecule has 10 aromatic rings. The lowest BCUT2D eigenvalue weighted by atomic mass is 10.0. The van der Waals surface area contributed by atoms with Crippen molar-refractivity contribution in [1.29, 1.82) is 0 Å². The molecule has 8 aromatic carbocycles. The minimum atomic E-state index is 1.12. The van der Waals surface area contributed by atoms with Gasteiger partial charge in [0.05, 0.1) is 21.4 Å². The number of hydrogen-bond acceptors (Lipinski definition) is 2. The van der Waals surface area contributed by atoms with E-state index in [1.807, 2.05) is 11.3 Å². The molecule has 230 valence electrons. The average molecular weight is 643 g/mol. The van der Waals surface area contributed by atoms with E-state index in [0.717, 1.165) is 17.1 Å². The summed E-state index contributed by atoms with van der Waals surface area (Å²) in [7, 11) is 0. The number of aromatic nitrogens is 1. The molecule has 0 atom stereocenters. The van der Waals surface area contributed by atoms with E-state index >= 15 is 0 Å². The summed E-state index contributed by atoms with van der Waals surface area (Å²) >= 11 is 1.87. The second kappa shape index (κ2) is 11.2. The third kappa shape index (κ3) is 4.55. The summed E-state index contributed by atoms with van der Waals surface area (Å²) in [5.41, 5.74) is 9.36. The largest absolute Gasteiger partial charge is 0.309 e. The maximum atomic E-state index is 2.45. The second-order valence-corrected chi connectivity index (χ2v) is 13.6.